The lowest BCUT2D eigenvalue weighted by Crippen LogP contribution is -2.32. The molecule has 1 aromatic heterocycles. The van der Waals surface area contributed by atoms with Gasteiger partial charge in [-0.05, 0) is 53.2 Å². The van der Waals surface area contributed by atoms with Crippen molar-refractivity contribution in [3.8, 4) is 0 Å². The second kappa shape index (κ2) is 5.04. The maximum absolute atomic E-state index is 11.6. The van der Waals surface area contributed by atoms with Crippen LogP contribution in [0.15, 0.2) is 16.9 Å². The number of nitrogens with zero attached hydrogens (tertiary/aromatic N) is 1. The maximum Gasteiger partial charge on any atom is 0.211 e. The highest BCUT2D eigenvalue weighted by atomic mass is 79.9. The zero-order chi connectivity index (χ0) is 12.5. The molecular weight excluding hydrogens is 304 g/mol. The molecule has 0 aliphatic heterocycles. The van der Waals surface area contributed by atoms with Crippen LogP contribution in [0.2, 0.25) is 0 Å². The van der Waals surface area contributed by atoms with Crippen molar-refractivity contribution < 1.29 is 8.42 Å². The molecule has 0 radical (unpaired) electrons. The van der Waals surface area contributed by atoms with Crippen LogP contribution in [0.3, 0.4) is 0 Å². The third-order valence-corrected chi connectivity index (χ3v) is 5.12. The summed E-state index contributed by atoms with van der Waals surface area (Å²) in [4.78, 5) is 4.12. The predicted octanol–water partition coefficient (Wildman–Crippen LogP) is 2.16. The Hall–Kier alpha value is -0.460. The summed E-state index contributed by atoms with van der Waals surface area (Å²) in [6.45, 7) is 1.64. The largest absolute Gasteiger partial charge is 0.263 e. The van der Waals surface area contributed by atoms with Crippen molar-refractivity contribution >= 4 is 26.0 Å². The molecular formula is C11H15BrN2O2S. The van der Waals surface area contributed by atoms with E-state index in [0.717, 1.165) is 29.3 Å². The summed E-state index contributed by atoms with van der Waals surface area (Å²) < 4.78 is 26.9. The van der Waals surface area contributed by atoms with Gasteiger partial charge in [-0.25, -0.2) is 13.1 Å². The minimum Gasteiger partial charge on any atom is -0.263 e. The van der Waals surface area contributed by atoms with E-state index in [9.17, 15) is 8.42 Å². The minimum absolute atomic E-state index is 0.111. The summed E-state index contributed by atoms with van der Waals surface area (Å²) in [6.07, 6.45) is 6.33. The number of fused-ring (bicyclic) bond motifs is 1. The van der Waals surface area contributed by atoms with Crippen LogP contribution in [-0.4, -0.2) is 19.2 Å². The van der Waals surface area contributed by atoms with Crippen LogP contribution in [-0.2, 0) is 16.4 Å². The number of halogens is 1. The predicted molar refractivity (Wildman–Crippen MR) is 70.2 cm³/mol. The second-order valence-electron chi connectivity index (χ2n) is 4.16. The Morgan fingerprint density at radius 1 is 1.53 bits per heavy atom. The van der Waals surface area contributed by atoms with E-state index < -0.39 is 10.0 Å². The molecule has 1 atom stereocenters. The molecule has 6 heteroatoms. The highest BCUT2D eigenvalue weighted by Crippen LogP contribution is 2.33. The maximum atomic E-state index is 11.6. The first-order valence-electron chi connectivity index (χ1n) is 5.66. The Bertz CT molecular complexity index is 516. The number of aromatic nitrogens is 1. The lowest BCUT2D eigenvalue weighted by molar-refractivity contribution is 0.505. The summed E-state index contributed by atoms with van der Waals surface area (Å²) in [6, 6.07) is -0.131. The SMILES string of the molecule is CCS(=O)(=O)NC1CCCc2c(Br)cncc21. The van der Waals surface area contributed by atoms with Crippen molar-refractivity contribution in [2.75, 3.05) is 5.75 Å². The van der Waals surface area contributed by atoms with E-state index in [4.69, 9.17) is 0 Å². The summed E-state index contributed by atoms with van der Waals surface area (Å²) in [5, 5.41) is 0. The van der Waals surface area contributed by atoms with Crippen LogP contribution >= 0.6 is 15.9 Å². The van der Waals surface area contributed by atoms with Crippen LogP contribution in [0, 0.1) is 0 Å². The standard InChI is InChI=1S/C11H15BrN2O2S/c1-2-17(15,16)14-11-5-3-4-8-9(11)6-13-7-10(8)12/h6-7,11,14H,2-5H2,1H3. The summed E-state index contributed by atoms with van der Waals surface area (Å²) in [5.74, 6) is 0.111. The van der Waals surface area contributed by atoms with Gasteiger partial charge in [0.1, 0.15) is 0 Å². The molecule has 0 saturated heterocycles. The fourth-order valence-electron chi connectivity index (χ4n) is 2.10. The number of hydrogen-bond donors (Lipinski definition) is 1. The molecule has 1 aliphatic rings. The molecule has 4 nitrogen and oxygen atoms in total. The van der Waals surface area contributed by atoms with E-state index in [1.807, 2.05) is 0 Å². The van der Waals surface area contributed by atoms with Gasteiger partial charge in [-0.2, -0.15) is 0 Å². The van der Waals surface area contributed by atoms with Gasteiger partial charge < -0.3 is 0 Å². The lowest BCUT2D eigenvalue weighted by atomic mass is 9.90. The Labute approximate surface area is 110 Å². The molecule has 94 valence electrons. The number of rotatable bonds is 3. The average Bonchev–Trinajstić information content (AvgIpc) is 2.30. The fourth-order valence-corrected chi connectivity index (χ4v) is 3.49. The molecule has 17 heavy (non-hydrogen) atoms. The van der Waals surface area contributed by atoms with E-state index in [1.165, 1.54) is 5.56 Å². The molecule has 1 N–H and O–H groups in total. The van der Waals surface area contributed by atoms with Crippen molar-refractivity contribution in [1.82, 2.24) is 9.71 Å². The van der Waals surface area contributed by atoms with Gasteiger partial charge >= 0.3 is 0 Å². The van der Waals surface area contributed by atoms with Gasteiger partial charge in [0.2, 0.25) is 10.0 Å². The van der Waals surface area contributed by atoms with Crippen molar-refractivity contribution in [3.05, 3.63) is 28.0 Å². The van der Waals surface area contributed by atoms with Gasteiger partial charge in [0.25, 0.3) is 0 Å². The molecule has 0 spiro atoms. The Balaban J connectivity index is 2.33. The molecule has 0 bridgehead atoms. The molecule has 1 heterocycles. The smallest absolute Gasteiger partial charge is 0.211 e. The third kappa shape index (κ3) is 2.86. The van der Waals surface area contributed by atoms with E-state index in [1.54, 1.807) is 19.3 Å². The lowest BCUT2D eigenvalue weighted by Gasteiger charge is -2.26. The van der Waals surface area contributed by atoms with Gasteiger partial charge in [-0.15, -0.1) is 0 Å². The first-order valence-corrected chi connectivity index (χ1v) is 8.10. The normalized spacial score (nSPS) is 20.0. The van der Waals surface area contributed by atoms with Crippen LogP contribution < -0.4 is 4.72 Å². The van der Waals surface area contributed by atoms with E-state index in [2.05, 4.69) is 25.6 Å². The molecule has 0 saturated carbocycles. The van der Waals surface area contributed by atoms with Crippen LogP contribution in [0.25, 0.3) is 0 Å². The first kappa shape index (κ1) is 13.0. The quantitative estimate of drug-likeness (QED) is 0.929. The van der Waals surface area contributed by atoms with Gasteiger partial charge in [-0.3, -0.25) is 4.98 Å². The monoisotopic (exact) mass is 318 g/mol. The zero-order valence-electron chi connectivity index (χ0n) is 9.61. The minimum atomic E-state index is -3.17. The van der Waals surface area contributed by atoms with Crippen molar-refractivity contribution in [2.45, 2.75) is 32.2 Å². The number of hydrogen-bond acceptors (Lipinski definition) is 3. The molecule has 1 unspecified atom stereocenters. The highest BCUT2D eigenvalue weighted by Gasteiger charge is 2.25. The van der Waals surface area contributed by atoms with E-state index in [0.29, 0.717) is 0 Å². The van der Waals surface area contributed by atoms with Gasteiger partial charge in [0, 0.05) is 22.9 Å². The highest BCUT2D eigenvalue weighted by molar-refractivity contribution is 9.10. The van der Waals surface area contributed by atoms with Crippen molar-refractivity contribution in [3.63, 3.8) is 0 Å². The Morgan fingerprint density at radius 3 is 3.00 bits per heavy atom. The first-order chi connectivity index (χ1) is 8.03. The summed E-state index contributed by atoms with van der Waals surface area (Å²) >= 11 is 3.47. The van der Waals surface area contributed by atoms with Crippen LogP contribution in [0.4, 0.5) is 0 Å². The molecule has 0 amide bonds. The Morgan fingerprint density at radius 2 is 2.29 bits per heavy atom. The average molecular weight is 319 g/mol. The van der Waals surface area contributed by atoms with Crippen LogP contribution in [0.5, 0.6) is 0 Å². The molecule has 0 aromatic carbocycles. The third-order valence-electron chi connectivity index (χ3n) is 3.04. The van der Waals surface area contributed by atoms with Crippen LogP contribution in [0.1, 0.15) is 36.9 Å². The fraction of sp³-hybridized carbons (Fsp3) is 0.545. The van der Waals surface area contributed by atoms with Gasteiger partial charge in [0.05, 0.1) is 5.75 Å². The molecule has 0 fully saturated rings. The van der Waals surface area contributed by atoms with Crippen molar-refractivity contribution in [1.29, 1.82) is 0 Å². The van der Waals surface area contributed by atoms with E-state index in [-0.39, 0.29) is 11.8 Å². The molecule has 1 aliphatic carbocycles. The zero-order valence-corrected chi connectivity index (χ0v) is 12.0. The number of sulfonamides is 1. The van der Waals surface area contributed by atoms with Gasteiger partial charge in [-0.1, -0.05) is 0 Å². The number of pyridine rings is 1. The topological polar surface area (TPSA) is 59.1 Å². The summed E-state index contributed by atoms with van der Waals surface area (Å²) in [7, 11) is -3.17. The second-order valence-corrected chi connectivity index (χ2v) is 7.05. The van der Waals surface area contributed by atoms with Crippen molar-refractivity contribution in [2.24, 2.45) is 0 Å². The van der Waals surface area contributed by atoms with Gasteiger partial charge in [0.15, 0.2) is 0 Å². The molecule has 2 rings (SSSR count). The van der Waals surface area contributed by atoms with E-state index >= 15 is 0 Å². The molecule has 1 aromatic rings. The summed E-state index contributed by atoms with van der Waals surface area (Å²) in [5.41, 5.74) is 2.18. The number of nitrogens with one attached hydrogen (secondary N) is 1. The Kier molecular flexibility index (Phi) is 3.85.